The van der Waals surface area contributed by atoms with E-state index in [2.05, 4.69) is 176 Å². The summed E-state index contributed by atoms with van der Waals surface area (Å²) >= 11 is 0. The fourth-order valence-electron chi connectivity index (χ4n) is 9.06. The van der Waals surface area contributed by atoms with Crippen molar-refractivity contribution in [2.24, 2.45) is 0 Å². The topological polar surface area (TPSA) is 30.5 Å². The van der Waals surface area contributed by atoms with Crippen LogP contribution in [0.5, 0.6) is 11.5 Å². The van der Waals surface area contributed by atoms with Gasteiger partial charge in [-0.3, -0.25) is 0 Å². The lowest BCUT2D eigenvalue weighted by Crippen LogP contribution is -2.29. The van der Waals surface area contributed by atoms with Crippen molar-refractivity contribution in [1.29, 1.82) is 0 Å². The van der Waals surface area contributed by atoms with E-state index in [0.29, 0.717) is 0 Å². The van der Waals surface area contributed by atoms with Crippen LogP contribution in [0, 0.1) is 0 Å². The summed E-state index contributed by atoms with van der Waals surface area (Å²) in [5, 5.41) is 3.46. The molecule has 0 spiro atoms. The van der Waals surface area contributed by atoms with Gasteiger partial charge in [0.05, 0.1) is 11.7 Å². The van der Waals surface area contributed by atoms with E-state index in [1.807, 2.05) is 85.1 Å². The Balaban J connectivity index is 1.00. The van der Waals surface area contributed by atoms with Crippen LogP contribution in [0.2, 0.25) is 0 Å². The van der Waals surface area contributed by atoms with Crippen molar-refractivity contribution in [3.8, 4) is 22.6 Å². The summed E-state index contributed by atoms with van der Waals surface area (Å²) in [6, 6.07) is 49.0. The Morgan fingerprint density at radius 2 is 1.40 bits per heavy atom. The van der Waals surface area contributed by atoms with Crippen molar-refractivity contribution < 1.29 is 9.47 Å². The molecule has 310 valence electrons. The molecular formula is C62H45NO2. The average Bonchev–Trinajstić information content (AvgIpc) is 3.43. The zero-order valence-electron chi connectivity index (χ0n) is 35.8. The third kappa shape index (κ3) is 7.89. The number of nitrogens with one attached hydrogen (secondary N) is 1. The number of hydrogen-bond donors (Lipinski definition) is 1. The molecule has 10 rings (SSSR count). The zero-order chi connectivity index (χ0) is 44.0. The van der Waals surface area contributed by atoms with Gasteiger partial charge in [0, 0.05) is 34.1 Å². The third-order valence-corrected chi connectivity index (χ3v) is 12.1. The molecule has 0 bridgehead atoms. The lowest BCUT2D eigenvalue weighted by molar-refractivity contribution is 0.478. The van der Waals surface area contributed by atoms with E-state index >= 15 is 0 Å². The molecule has 0 aromatic heterocycles. The standard InChI is InChI=1S/C62H45NO2/c1-44-20-16-32-59(65-60-31-13-11-26-52(44)60)48-36-38-51(39-37-48)63-41-18-21-47(54-29-17-28-53-45(2)19-14-15-42-64-61(53)54)35-33-46-34-40-56-55-27-10-12-30-57(55)62(58(56)43-46,50-24-8-5-9-25-50)49-22-6-3-4-7-23-49/h3,5-43,63H,1-2H2/b19-14-,20-16-,35-33-,41-18+,42-15-,47-21+,59-32-. The molecule has 1 unspecified atom stereocenters. The van der Waals surface area contributed by atoms with Crippen LogP contribution in [-0.2, 0) is 5.41 Å². The summed E-state index contributed by atoms with van der Waals surface area (Å²) in [7, 11) is 0. The summed E-state index contributed by atoms with van der Waals surface area (Å²) in [6.45, 7) is 8.55. The Bertz CT molecular complexity index is 3220. The number of hydrogen-bond acceptors (Lipinski definition) is 3. The lowest BCUT2D eigenvalue weighted by atomic mass is 9.66. The van der Waals surface area contributed by atoms with Gasteiger partial charge in [-0.1, -0.05) is 171 Å². The second-order valence-electron chi connectivity index (χ2n) is 16.0. The Morgan fingerprint density at radius 1 is 0.631 bits per heavy atom. The van der Waals surface area contributed by atoms with Gasteiger partial charge in [-0.15, -0.1) is 5.73 Å². The molecule has 1 atom stereocenters. The molecule has 4 aliphatic rings. The van der Waals surface area contributed by atoms with Crippen molar-refractivity contribution in [1.82, 2.24) is 0 Å². The maximum Gasteiger partial charge on any atom is 0.142 e. The van der Waals surface area contributed by atoms with Crippen molar-refractivity contribution in [2.75, 3.05) is 5.32 Å². The minimum Gasteiger partial charge on any atom is -0.464 e. The highest BCUT2D eigenvalue weighted by Gasteiger charge is 2.46. The van der Waals surface area contributed by atoms with Crippen LogP contribution in [0.4, 0.5) is 5.69 Å². The maximum absolute atomic E-state index is 6.38. The van der Waals surface area contributed by atoms with Crippen LogP contribution in [0.25, 0.3) is 39.7 Å². The fourth-order valence-corrected chi connectivity index (χ4v) is 9.06. The van der Waals surface area contributed by atoms with Gasteiger partial charge in [0.15, 0.2) is 0 Å². The van der Waals surface area contributed by atoms with Crippen LogP contribution in [0.1, 0.15) is 44.5 Å². The van der Waals surface area contributed by atoms with Crippen LogP contribution in [0.3, 0.4) is 0 Å². The summed E-state index contributed by atoms with van der Waals surface area (Å²) in [6.07, 6.45) is 34.5. The van der Waals surface area contributed by atoms with Crippen LogP contribution in [-0.4, -0.2) is 0 Å². The molecule has 2 aliphatic heterocycles. The molecule has 0 fully saturated rings. The molecule has 0 amide bonds. The number of fused-ring (bicyclic) bond motifs is 5. The normalized spacial score (nSPS) is 19.4. The molecule has 2 aliphatic carbocycles. The Hall–Kier alpha value is -8.62. The number of benzene rings is 6. The number of rotatable bonds is 9. The highest BCUT2D eigenvalue weighted by molar-refractivity contribution is 5.90. The molecule has 1 N–H and O–H groups in total. The SMILES string of the molecule is C=C1/C=C\C=C(\c2ccc(N/C=C/C=C(\C=C/c3ccc4c(c3)C(C3=CC=C=CC=C3)(c3ccccc3)c3ccccc3-4)c3cccc4c3O/C=C\C=C/C4=C)cc2)Oc2ccccc21. The Kier molecular flexibility index (Phi) is 11.2. The van der Waals surface area contributed by atoms with Crippen LogP contribution < -0.4 is 14.8 Å². The Labute approximate surface area is 381 Å². The summed E-state index contributed by atoms with van der Waals surface area (Å²) < 4.78 is 12.7. The van der Waals surface area contributed by atoms with E-state index in [1.54, 1.807) is 6.26 Å². The largest absolute Gasteiger partial charge is 0.464 e. The molecule has 0 radical (unpaired) electrons. The number of anilines is 1. The summed E-state index contributed by atoms with van der Waals surface area (Å²) in [4.78, 5) is 0. The lowest BCUT2D eigenvalue weighted by Gasteiger charge is -2.34. The van der Waals surface area contributed by atoms with E-state index < -0.39 is 5.41 Å². The van der Waals surface area contributed by atoms with Crippen molar-refractivity contribution >= 4 is 34.2 Å². The molecule has 0 saturated carbocycles. The molecule has 6 aromatic carbocycles. The van der Waals surface area contributed by atoms with Crippen molar-refractivity contribution in [2.45, 2.75) is 5.41 Å². The maximum atomic E-state index is 6.38. The smallest absolute Gasteiger partial charge is 0.142 e. The molecule has 65 heavy (non-hydrogen) atoms. The van der Waals surface area contributed by atoms with Crippen molar-refractivity contribution in [3.63, 3.8) is 0 Å². The van der Waals surface area contributed by atoms with Gasteiger partial charge in [0.25, 0.3) is 0 Å². The molecule has 3 nitrogen and oxygen atoms in total. The van der Waals surface area contributed by atoms with E-state index in [1.165, 1.54) is 33.4 Å². The molecular weight excluding hydrogens is 791 g/mol. The van der Waals surface area contributed by atoms with Crippen molar-refractivity contribution in [3.05, 3.63) is 306 Å². The summed E-state index contributed by atoms with van der Waals surface area (Å²) in [5.74, 6) is 2.30. The van der Waals surface area contributed by atoms with E-state index in [0.717, 1.165) is 67.5 Å². The second-order valence-corrected chi connectivity index (χ2v) is 16.0. The Morgan fingerprint density at radius 3 is 2.29 bits per heavy atom. The first-order chi connectivity index (χ1) is 32.1. The van der Waals surface area contributed by atoms with Gasteiger partial charge in [-0.25, -0.2) is 0 Å². The summed E-state index contributed by atoms with van der Waals surface area (Å²) in [5.41, 5.74) is 18.8. The number of para-hydroxylation sites is 2. The first-order valence-electron chi connectivity index (χ1n) is 21.8. The third-order valence-electron chi connectivity index (χ3n) is 12.1. The molecule has 2 heterocycles. The first kappa shape index (κ1) is 40.5. The van der Waals surface area contributed by atoms with Gasteiger partial charge in [0.2, 0.25) is 0 Å². The fraction of sp³-hybridized carbons (Fsp3) is 0.0161. The highest BCUT2D eigenvalue weighted by Crippen LogP contribution is 2.57. The predicted molar refractivity (Wildman–Crippen MR) is 272 cm³/mol. The van der Waals surface area contributed by atoms with Gasteiger partial charge >= 0.3 is 0 Å². The van der Waals surface area contributed by atoms with Crippen LogP contribution >= 0.6 is 0 Å². The monoisotopic (exact) mass is 835 g/mol. The van der Waals surface area contributed by atoms with E-state index in [-0.39, 0.29) is 0 Å². The minimum atomic E-state index is -0.532. The first-order valence-corrected chi connectivity index (χ1v) is 21.8. The minimum absolute atomic E-state index is 0.532. The predicted octanol–water partition coefficient (Wildman–Crippen LogP) is 15.4. The highest BCUT2D eigenvalue weighted by atomic mass is 16.5. The van der Waals surface area contributed by atoms with E-state index in [4.69, 9.17) is 9.47 Å². The number of ether oxygens (including phenoxy) is 2. The van der Waals surface area contributed by atoms with Gasteiger partial charge < -0.3 is 14.8 Å². The average molecular weight is 836 g/mol. The molecule has 6 aromatic rings. The zero-order valence-corrected chi connectivity index (χ0v) is 35.8. The van der Waals surface area contributed by atoms with Gasteiger partial charge in [-0.05, 0) is 129 Å². The van der Waals surface area contributed by atoms with Gasteiger partial charge in [-0.2, -0.15) is 0 Å². The van der Waals surface area contributed by atoms with Gasteiger partial charge in [0.1, 0.15) is 17.3 Å². The number of allylic oxidation sites excluding steroid dienone is 17. The van der Waals surface area contributed by atoms with Crippen LogP contribution in [0.15, 0.2) is 262 Å². The van der Waals surface area contributed by atoms with E-state index in [9.17, 15) is 0 Å². The molecule has 3 heteroatoms. The quantitative estimate of drug-likeness (QED) is 0.116. The molecule has 0 saturated heterocycles. The second kappa shape index (κ2) is 18.0.